The fraction of sp³-hybridized carbons (Fsp3) is 0.267. The van der Waals surface area contributed by atoms with E-state index >= 15 is 0 Å². The Labute approximate surface area is 132 Å². The van der Waals surface area contributed by atoms with Crippen LogP contribution in [0.4, 0.5) is 14.5 Å². The molecule has 6 heteroatoms. The van der Waals surface area contributed by atoms with Crippen molar-refractivity contribution >= 4 is 28.9 Å². The van der Waals surface area contributed by atoms with E-state index in [4.69, 9.17) is 23.2 Å². The Morgan fingerprint density at radius 3 is 2.33 bits per heavy atom. The second-order valence-electron chi connectivity index (χ2n) is 4.92. The molecule has 0 saturated carbocycles. The molecule has 1 heterocycles. The summed E-state index contributed by atoms with van der Waals surface area (Å²) in [6.07, 6.45) is 0. The molecule has 0 aliphatic heterocycles. The first-order valence-corrected chi connectivity index (χ1v) is 7.10. The van der Waals surface area contributed by atoms with Gasteiger partial charge < -0.3 is 5.32 Å². The van der Waals surface area contributed by atoms with Gasteiger partial charge in [0.1, 0.15) is 16.8 Å². The van der Waals surface area contributed by atoms with Gasteiger partial charge in [-0.15, -0.1) is 0 Å². The first-order chi connectivity index (χ1) is 9.79. The van der Waals surface area contributed by atoms with Crippen molar-refractivity contribution in [2.45, 2.75) is 26.8 Å². The van der Waals surface area contributed by atoms with Crippen molar-refractivity contribution in [2.75, 3.05) is 5.32 Å². The molecule has 1 N–H and O–H groups in total. The smallest absolute Gasteiger partial charge is 0.154 e. The molecule has 0 aliphatic carbocycles. The molecule has 1 atom stereocenters. The Balaban J connectivity index is 2.35. The average molecular weight is 331 g/mol. The molecule has 1 aromatic carbocycles. The molecule has 1 unspecified atom stereocenters. The van der Waals surface area contributed by atoms with E-state index in [0.29, 0.717) is 5.69 Å². The number of aryl methyl sites for hydroxylation is 2. The summed E-state index contributed by atoms with van der Waals surface area (Å²) in [4.78, 5) is 3.94. The fourth-order valence-electron chi connectivity index (χ4n) is 2.06. The average Bonchev–Trinajstić information content (AvgIpc) is 2.37. The number of benzene rings is 1. The highest BCUT2D eigenvalue weighted by Crippen LogP contribution is 2.31. The Bertz CT molecular complexity index is 667. The van der Waals surface area contributed by atoms with E-state index in [1.807, 2.05) is 0 Å². The monoisotopic (exact) mass is 330 g/mol. The summed E-state index contributed by atoms with van der Waals surface area (Å²) in [5.74, 6) is -0.915. The van der Waals surface area contributed by atoms with Crippen molar-refractivity contribution in [3.8, 4) is 0 Å². The van der Waals surface area contributed by atoms with E-state index in [1.54, 1.807) is 19.9 Å². The van der Waals surface area contributed by atoms with Crippen molar-refractivity contribution < 1.29 is 8.78 Å². The zero-order valence-corrected chi connectivity index (χ0v) is 13.3. The van der Waals surface area contributed by atoms with Crippen LogP contribution in [-0.2, 0) is 0 Å². The van der Waals surface area contributed by atoms with Crippen LogP contribution in [0.5, 0.6) is 0 Å². The van der Waals surface area contributed by atoms with Gasteiger partial charge in [0.15, 0.2) is 5.15 Å². The lowest BCUT2D eigenvalue weighted by atomic mass is 10.0. The molecule has 1 aromatic heterocycles. The Morgan fingerprint density at radius 2 is 1.71 bits per heavy atom. The largest absolute Gasteiger partial charge is 0.376 e. The summed E-state index contributed by atoms with van der Waals surface area (Å²) in [7, 11) is 0. The van der Waals surface area contributed by atoms with Crippen LogP contribution in [0.2, 0.25) is 10.3 Å². The second kappa shape index (κ2) is 6.16. The van der Waals surface area contributed by atoms with E-state index in [-0.39, 0.29) is 21.4 Å². The number of halogens is 4. The van der Waals surface area contributed by atoms with Crippen molar-refractivity contribution in [3.05, 3.63) is 56.8 Å². The van der Waals surface area contributed by atoms with E-state index < -0.39 is 17.7 Å². The van der Waals surface area contributed by atoms with Gasteiger partial charge in [-0.05, 0) is 50.1 Å². The quantitative estimate of drug-likeness (QED) is 0.756. The molecule has 0 bridgehead atoms. The zero-order valence-electron chi connectivity index (χ0n) is 11.8. The molecule has 0 amide bonds. The maximum absolute atomic E-state index is 14.0. The van der Waals surface area contributed by atoms with Crippen molar-refractivity contribution in [2.24, 2.45) is 0 Å². The van der Waals surface area contributed by atoms with E-state index in [0.717, 1.165) is 5.56 Å². The molecule has 0 radical (unpaired) electrons. The normalized spacial score (nSPS) is 12.3. The lowest BCUT2D eigenvalue weighted by Gasteiger charge is -2.19. The van der Waals surface area contributed by atoms with Crippen LogP contribution in [0.1, 0.15) is 29.7 Å². The summed E-state index contributed by atoms with van der Waals surface area (Å²) < 4.78 is 27.6. The number of aromatic nitrogens is 1. The Kier molecular flexibility index (Phi) is 4.69. The maximum Gasteiger partial charge on any atom is 0.154 e. The SMILES string of the molecule is Cc1cc(F)c(C(C)Nc2c(C)cc(Cl)nc2Cl)cc1F. The Hall–Kier alpha value is -1.39. The number of nitrogens with zero attached hydrogens (tertiary/aromatic N) is 1. The highest BCUT2D eigenvalue weighted by molar-refractivity contribution is 6.34. The highest BCUT2D eigenvalue weighted by atomic mass is 35.5. The molecule has 0 saturated heterocycles. The third kappa shape index (κ3) is 3.44. The standard InChI is InChI=1S/C15H14Cl2F2N2/c1-7-4-12(19)10(6-11(7)18)9(3)20-14-8(2)5-13(16)21-15(14)17/h4-6,9,20H,1-3H3. The van der Waals surface area contributed by atoms with E-state index in [1.165, 1.54) is 19.1 Å². The summed E-state index contributed by atoms with van der Waals surface area (Å²) in [6.45, 7) is 5.04. The van der Waals surface area contributed by atoms with E-state index in [2.05, 4.69) is 10.3 Å². The van der Waals surface area contributed by atoms with Crippen LogP contribution in [0.15, 0.2) is 18.2 Å². The van der Waals surface area contributed by atoms with Crippen LogP contribution in [0.25, 0.3) is 0 Å². The van der Waals surface area contributed by atoms with Gasteiger partial charge in [-0.3, -0.25) is 0 Å². The topological polar surface area (TPSA) is 24.9 Å². The summed E-state index contributed by atoms with van der Waals surface area (Å²) >= 11 is 11.8. The lowest BCUT2D eigenvalue weighted by molar-refractivity contribution is 0.571. The van der Waals surface area contributed by atoms with Crippen LogP contribution in [0.3, 0.4) is 0 Å². The number of hydrogen-bond acceptors (Lipinski definition) is 2. The number of nitrogens with one attached hydrogen (secondary N) is 1. The highest BCUT2D eigenvalue weighted by Gasteiger charge is 2.16. The van der Waals surface area contributed by atoms with Gasteiger partial charge in [0.25, 0.3) is 0 Å². The van der Waals surface area contributed by atoms with Crippen LogP contribution in [0, 0.1) is 25.5 Å². The van der Waals surface area contributed by atoms with Crippen LogP contribution < -0.4 is 5.32 Å². The van der Waals surface area contributed by atoms with Gasteiger partial charge in [-0.2, -0.15) is 0 Å². The molecule has 2 aromatic rings. The number of rotatable bonds is 3. The summed E-state index contributed by atoms with van der Waals surface area (Å²) in [5, 5.41) is 3.52. The first kappa shape index (κ1) is 16.0. The molecule has 21 heavy (non-hydrogen) atoms. The zero-order chi connectivity index (χ0) is 15.7. The van der Waals surface area contributed by atoms with Crippen molar-refractivity contribution in [1.29, 1.82) is 0 Å². The number of hydrogen-bond donors (Lipinski definition) is 1. The molecule has 0 spiro atoms. The minimum Gasteiger partial charge on any atom is -0.376 e. The van der Waals surface area contributed by atoms with Gasteiger partial charge in [0.2, 0.25) is 0 Å². The molecule has 2 rings (SSSR count). The number of pyridine rings is 1. The second-order valence-corrected chi connectivity index (χ2v) is 5.66. The van der Waals surface area contributed by atoms with Gasteiger partial charge in [0, 0.05) is 5.56 Å². The molecule has 0 aliphatic rings. The van der Waals surface area contributed by atoms with Gasteiger partial charge in [0.05, 0.1) is 11.7 Å². The lowest BCUT2D eigenvalue weighted by Crippen LogP contribution is -2.11. The molecule has 0 fully saturated rings. The van der Waals surface area contributed by atoms with Crippen LogP contribution in [-0.4, -0.2) is 4.98 Å². The summed E-state index contributed by atoms with van der Waals surface area (Å²) in [5.41, 5.74) is 1.82. The van der Waals surface area contributed by atoms with Gasteiger partial charge >= 0.3 is 0 Å². The van der Waals surface area contributed by atoms with Gasteiger partial charge in [-0.1, -0.05) is 23.2 Å². The van der Waals surface area contributed by atoms with Crippen molar-refractivity contribution in [1.82, 2.24) is 4.98 Å². The number of anilines is 1. The molecule has 112 valence electrons. The first-order valence-electron chi connectivity index (χ1n) is 6.34. The Morgan fingerprint density at radius 1 is 1.05 bits per heavy atom. The third-order valence-corrected chi connectivity index (χ3v) is 3.71. The molecule has 2 nitrogen and oxygen atoms in total. The van der Waals surface area contributed by atoms with Gasteiger partial charge in [-0.25, -0.2) is 13.8 Å². The predicted molar refractivity (Wildman–Crippen MR) is 82.1 cm³/mol. The third-order valence-electron chi connectivity index (χ3n) is 3.25. The van der Waals surface area contributed by atoms with Crippen molar-refractivity contribution in [3.63, 3.8) is 0 Å². The minimum absolute atomic E-state index is 0.194. The maximum atomic E-state index is 14.0. The molecular weight excluding hydrogens is 317 g/mol. The fourth-order valence-corrected chi connectivity index (χ4v) is 2.64. The minimum atomic E-state index is -0.473. The summed E-state index contributed by atoms with van der Waals surface area (Å²) in [6, 6.07) is 3.54. The molecular formula is C15H14Cl2F2N2. The predicted octanol–water partition coefficient (Wildman–Crippen LogP) is 5.46. The van der Waals surface area contributed by atoms with E-state index in [9.17, 15) is 8.78 Å². The van der Waals surface area contributed by atoms with Crippen LogP contribution >= 0.6 is 23.2 Å².